The van der Waals surface area contributed by atoms with Crippen LogP contribution in [0.2, 0.25) is 0 Å². The molecule has 0 aliphatic carbocycles. The van der Waals surface area contributed by atoms with E-state index in [1.165, 1.54) is 18.2 Å². The first kappa shape index (κ1) is 17.5. The Labute approximate surface area is 154 Å². The third kappa shape index (κ3) is 2.81. The highest BCUT2D eigenvalue weighted by molar-refractivity contribution is 7.91. The maximum atomic E-state index is 13.5. The number of benzene rings is 2. The number of fused-ring (bicyclic) bond motifs is 3. The lowest BCUT2D eigenvalue weighted by atomic mass is 9.91. The van der Waals surface area contributed by atoms with Crippen molar-refractivity contribution in [1.82, 2.24) is 4.90 Å². The molecule has 0 spiro atoms. The summed E-state index contributed by atoms with van der Waals surface area (Å²) in [4.78, 5) is 4.87. The van der Waals surface area contributed by atoms with Crippen molar-refractivity contribution in [2.45, 2.75) is 34.6 Å². The van der Waals surface area contributed by atoms with E-state index in [1.807, 2.05) is 12.1 Å². The Morgan fingerprint density at radius 2 is 1.73 bits per heavy atom. The van der Waals surface area contributed by atoms with Gasteiger partial charge in [0.05, 0.1) is 9.79 Å². The molecular weight excluding hydrogens is 351 g/mol. The Bertz CT molecular complexity index is 945. The molecule has 0 N–H and O–H groups in total. The molecule has 2 aliphatic heterocycles. The van der Waals surface area contributed by atoms with Gasteiger partial charge in [0.2, 0.25) is 9.84 Å². The summed E-state index contributed by atoms with van der Waals surface area (Å²) in [6.45, 7) is 2.06. The van der Waals surface area contributed by atoms with Crippen LogP contribution in [0.3, 0.4) is 0 Å². The smallest absolute Gasteiger partial charge is 0.206 e. The molecule has 2 heterocycles. The highest BCUT2D eigenvalue weighted by Crippen LogP contribution is 2.45. The van der Waals surface area contributed by atoms with Crippen molar-refractivity contribution in [2.24, 2.45) is 0 Å². The molecule has 0 amide bonds. The summed E-state index contributed by atoms with van der Waals surface area (Å²) in [6.07, 6.45) is 2.08. The lowest BCUT2D eigenvalue weighted by Crippen LogP contribution is -2.31. The van der Waals surface area contributed by atoms with Gasteiger partial charge in [0.1, 0.15) is 5.82 Å². The number of anilines is 1. The molecule has 26 heavy (non-hydrogen) atoms. The van der Waals surface area contributed by atoms with Gasteiger partial charge >= 0.3 is 0 Å². The van der Waals surface area contributed by atoms with Gasteiger partial charge in [-0.05, 0) is 74.9 Å². The van der Waals surface area contributed by atoms with Crippen molar-refractivity contribution in [3.8, 4) is 0 Å². The van der Waals surface area contributed by atoms with Crippen LogP contribution in [0.4, 0.5) is 10.1 Å². The van der Waals surface area contributed by atoms with Crippen molar-refractivity contribution in [2.75, 3.05) is 32.1 Å². The van der Waals surface area contributed by atoms with Crippen LogP contribution in [0.25, 0.3) is 0 Å². The fourth-order valence-corrected chi connectivity index (χ4v) is 5.64. The van der Waals surface area contributed by atoms with Gasteiger partial charge in [-0.2, -0.15) is 0 Å². The molecule has 2 atom stereocenters. The van der Waals surface area contributed by atoms with Crippen LogP contribution in [0, 0.1) is 5.82 Å². The van der Waals surface area contributed by atoms with Gasteiger partial charge in [0, 0.05) is 24.7 Å². The highest BCUT2D eigenvalue weighted by atomic mass is 32.2. The molecule has 6 heteroatoms. The minimum absolute atomic E-state index is 0.000881. The van der Waals surface area contributed by atoms with E-state index in [9.17, 15) is 12.8 Å². The first-order valence-electron chi connectivity index (χ1n) is 8.94. The first-order chi connectivity index (χ1) is 12.4. The Balaban J connectivity index is 1.76. The quantitative estimate of drug-likeness (QED) is 0.809. The molecular formula is C20H23FN2O2S. The molecule has 1 fully saturated rings. The maximum Gasteiger partial charge on any atom is 0.206 e. The minimum Gasteiger partial charge on any atom is -0.371 e. The molecule has 0 bridgehead atoms. The van der Waals surface area contributed by atoms with Gasteiger partial charge in [-0.1, -0.05) is 6.07 Å². The number of sulfone groups is 1. The summed E-state index contributed by atoms with van der Waals surface area (Å²) < 4.78 is 39.4. The lowest BCUT2D eigenvalue weighted by Gasteiger charge is -2.25. The van der Waals surface area contributed by atoms with Crippen LogP contribution in [0.5, 0.6) is 0 Å². The zero-order valence-corrected chi connectivity index (χ0v) is 15.8. The standard InChI is InChI=1S/C20H23FN2O2S/c1-22-10-8-17-18-13-16(6-7-19(18)23(2)20(17)9-11-22)26(24,25)15-5-3-4-14(21)12-15/h3-7,12-13,17,20H,8-11H2,1-2H3/t17-,20?/m1/s1. The zero-order chi connectivity index (χ0) is 18.5. The van der Waals surface area contributed by atoms with Gasteiger partial charge in [-0.15, -0.1) is 0 Å². The lowest BCUT2D eigenvalue weighted by molar-refractivity contribution is 0.345. The maximum absolute atomic E-state index is 13.5. The summed E-state index contributed by atoms with van der Waals surface area (Å²) in [6, 6.07) is 11.0. The molecule has 2 aromatic rings. The van der Waals surface area contributed by atoms with Crippen molar-refractivity contribution < 1.29 is 12.8 Å². The van der Waals surface area contributed by atoms with E-state index < -0.39 is 15.7 Å². The largest absolute Gasteiger partial charge is 0.371 e. The molecule has 0 saturated carbocycles. The predicted octanol–water partition coefficient (Wildman–Crippen LogP) is 3.29. The van der Waals surface area contributed by atoms with E-state index in [0.29, 0.717) is 12.0 Å². The van der Waals surface area contributed by atoms with Gasteiger partial charge in [0.15, 0.2) is 0 Å². The number of rotatable bonds is 2. The first-order valence-corrected chi connectivity index (χ1v) is 10.4. The van der Waals surface area contributed by atoms with Crippen LogP contribution in [-0.4, -0.2) is 46.5 Å². The number of hydrogen-bond donors (Lipinski definition) is 0. The third-order valence-electron chi connectivity index (χ3n) is 5.79. The summed E-state index contributed by atoms with van der Waals surface area (Å²) in [7, 11) is 0.497. The minimum atomic E-state index is -3.73. The van der Waals surface area contributed by atoms with E-state index in [1.54, 1.807) is 6.07 Å². The monoisotopic (exact) mass is 374 g/mol. The van der Waals surface area contributed by atoms with Crippen LogP contribution in [0.1, 0.15) is 24.3 Å². The van der Waals surface area contributed by atoms with Crippen molar-refractivity contribution >= 4 is 15.5 Å². The SMILES string of the molecule is CN1CCC2[C@H](CC1)c1cc(S(=O)(=O)c3cccc(F)c3)ccc1N2C. The van der Waals surface area contributed by atoms with Gasteiger partial charge in [0.25, 0.3) is 0 Å². The second kappa shape index (κ2) is 6.35. The second-order valence-electron chi connectivity index (χ2n) is 7.35. The zero-order valence-electron chi connectivity index (χ0n) is 15.0. The summed E-state index contributed by atoms with van der Waals surface area (Å²) in [5.74, 6) is -0.207. The summed E-state index contributed by atoms with van der Waals surface area (Å²) >= 11 is 0. The van der Waals surface area contributed by atoms with Crippen LogP contribution >= 0.6 is 0 Å². The van der Waals surface area contributed by atoms with E-state index >= 15 is 0 Å². The molecule has 1 saturated heterocycles. The fourth-order valence-electron chi connectivity index (χ4n) is 4.31. The molecule has 1 unspecified atom stereocenters. The Kier molecular flexibility index (Phi) is 4.28. The van der Waals surface area contributed by atoms with E-state index in [4.69, 9.17) is 0 Å². The predicted molar refractivity (Wildman–Crippen MR) is 100.0 cm³/mol. The molecule has 4 nitrogen and oxygen atoms in total. The third-order valence-corrected chi connectivity index (χ3v) is 7.53. The van der Waals surface area contributed by atoms with Crippen LogP contribution < -0.4 is 4.90 Å². The van der Waals surface area contributed by atoms with Crippen LogP contribution in [-0.2, 0) is 9.84 Å². The van der Waals surface area contributed by atoms with Crippen molar-refractivity contribution in [3.63, 3.8) is 0 Å². The Morgan fingerprint density at radius 3 is 2.50 bits per heavy atom. The molecule has 0 aromatic heterocycles. The van der Waals surface area contributed by atoms with Crippen molar-refractivity contribution in [3.05, 3.63) is 53.8 Å². The Morgan fingerprint density at radius 1 is 1.00 bits per heavy atom. The topological polar surface area (TPSA) is 40.6 Å². The summed E-state index contributed by atoms with van der Waals surface area (Å²) in [5, 5.41) is 0. The number of likely N-dealkylation sites (tertiary alicyclic amines) is 1. The number of halogens is 1. The molecule has 2 aromatic carbocycles. The van der Waals surface area contributed by atoms with E-state index in [-0.39, 0.29) is 9.79 Å². The second-order valence-corrected chi connectivity index (χ2v) is 9.30. The van der Waals surface area contributed by atoms with E-state index in [0.717, 1.165) is 43.2 Å². The van der Waals surface area contributed by atoms with Gasteiger partial charge in [-0.25, -0.2) is 12.8 Å². The number of hydrogen-bond acceptors (Lipinski definition) is 4. The molecule has 2 aliphatic rings. The molecule has 138 valence electrons. The van der Waals surface area contributed by atoms with Crippen LogP contribution in [0.15, 0.2) is 52.3 Å². The van der Waals surface area contributed by atoms with Crippen molar-refractivity contribution in [1.29, 1.82) is 0 Å². The number of likely N-dealkylation sites (N-methyl/N-ethyl adjacent to an activating group) is 1. The fraction of sp³-hybridized carbons (Fsp3) is 0.400. The van der Waals surface area contributed by atoms with Gasteiger partial charge < -0.3 is 9.80 Å². The molecule has 0 radical (unpaired) electrons. The van der Waals surface area contributed by atoms with E-state index in [2.05, 4.69) is 23.9 Å². The molecule has 4 rings (SSSR count). The summed E-state index contributed by atoms with van der Waals surface area (Å²) in [5.41, 5.74) is 2.22. The highest BCUT2D eigenvalue weighted by Gasteiger charge is 2.38. The number of nitrogens with zero attached hydrogens (tertiary/aromatic N) is 2. The van der Waals surface area contributed by atoms with Gasteiger partial charge in [-0.3, -0.25) is 0 Å². The normalized spacial score (nSPS) is 23.4. The average molecular weight is 374 g/mol. The Hall–Kier alpha value is -1.92. The average Bonchev–Trinajstić information content (AvgIpc) is 2.75.